The topological polar surface area (TPSA) is 111 Å². The highest BCUT2D eigenvalue weighted by Gasteiger charge is 2.29. The number of amidine groups is 1. The van der Waals surface area contributed by atoms with E-state index in [4.69, 9.17) is 9.47 Å². The third-order valence-corrected chi connectivity index (χ3v) is 6.02. The van der Waals surface area contributed by atoms with Crippen molar-refractivity contribution in [3.8, 4) is 5.75 Å². The van der Waals surface area contributed by atoms with E-state index in [1.807, 2.05) is 6.92 Å². The summed E-state index contributed by atoms with van der Waals surface area (Å²) < 4.78 is 37.4. The summed E-state index contributed by atoms with van der Waals surface area (Å²) in [6.45, 7) is 4.03. The molecule has 0 atom stereocenters. The number of sulfonamides is 1. The number of hydrogen-bond donors (Lipinski definition) is 1. The summed E-state index contributed by atoms with van der Waals surface area (Å²) in [5.74, 6) is 0.354. The lowest BCUT2D eigenvalue weighted by Crippen LogP contribution is -2.22. The summed E-state index contributed by atoms with van der Waals surface area (Å²) in [6.07, 6.45) is 0.527. The lowest BCUT2D eigenvalue weighted by Gasteiger charge is -2.12. The van der Waals surface area contributed by atoms with Gasteiger partial charge < -0.3 is 9.47 Å². The van der Waals surface area contributed by atoms with Gasteiger partial charge in [-0.2, -0.15) is 0 Å². The van der Waals surface area contributed by atoms with Crippen molar-refractivity contribution in [3.63, 3.8) is 0 Å². The van der Waals surface area contributed by atoms with Crippen LogP contribution < -0.4 is 9.46 Å². The third-order valence-electron chi connectivity index (χ3n) is 4.63. The number of hydrogen-bond acceptors (Lipinski definition) is 7. The molecule has 0 saturated carbocycles. The number of fused-ring (bicyclic) bond motifs is 1. The van der Waals surface area contributed by atoms with Gasteiger partial charge in [-0.15, -0.1) is 0 Å². The van der Waals surface area contributed by atoms with Gasteiger partial charge in [0, 0.05) is 29.7 Å². The Kier molecular flexibility index (Phi) is 7.06. The molecule has 1 aliphatic heterocycles. The molecule has 0 unspecified atom stereocenters. The van der Waals surface area contributed by atoms with Gasteiger partial charge in [-0.3, -0.25) is 19.3 Å². The molecule has 0 aliphatic carbocycles. The van der Waals surface area contributed by atoms with E-state index in [0.717, 1.165) is 0 Å². The SMILES string of the molecule is CCOc1ccc(C(C)=O)cc1COC(=O)CCCN=C1NS(=O)(=O)c2ccccc21. The first-order valence-corrected chi connectivity index (χ1v) is 11.4. The molecule has 2 aromatic rings. The van der Waals surface area contributed by atoms with E-state index in [1.54, 1.807) is 36.4 Å². The van der Waals surface area contributed by atoms with E-state index < -0.39 is 16.0 Å². The quantitative estimate of drug-likeness (QED) is 0.362. The van der Waals surface area contributed by atoms with Crippen molar-refractivity contribution in [1.82, 2.24) is 4.72 Å². The minimum atomic E-state index is -3.57. The van der Waals surface area contributed by atoms with Crippen molar-refractivity contribution in [2.45, 2.75) is 38.2 Å². The second kappa shape index (κ2) is 9.74. The molecule has 0 fully saturated rings. The van der Waals surface area contributed by atoms with Crippen LogP contribution in [-0.2, 0) is 26.2 Å². The highest BCUT2D eigenvalue weighted by molar-refractivity contribution is 7.90. The summed E-state index contributed by atoms with van der Waals surface area (Å²) in [5, 5.41) is 0. The van der Waals surface area contributed by atoms with Crippen LogP contribution in [0.15, 0.2) is 52.4 Å². The summed E-state index contributed by atoms with van der Waals surface area (Å²) in [6, 6.07) is 11.6. The van der Waals surface area contributed by atoms with Crippen molar-refractivity contribution in [2.24, 2.45) is 4.99 Å². The molecule has 1 aliphatic rings. The first-order chi connectivity index (χ1) is 14.8. The molecule has 1 N–H and O–H groups in total. The number of benzene rings is 2. The molecule has 3 rings (SSSR count). The zero-order valence-corrected chi connectivity index (χ0v) is 18.2. The number of carbonyl (C=O) groups excluding carboxylic acids is 2. The first-order valence-electron chi connectivity index (χ1n) is 9.90. The highest BCUT2D eigenvalue weighted by atomic mass is 32.2. The van der Waals surface area contributed by atoms with Crippen LogP contribution in [0, 0.1) is 0 Å². The minimum Gasteiger partial charge on any atom is -0.493 e. The van der Waals surface area contributed by atoms with E-state index >= 15 is 0 Å². The van der Waals surface area contributed by atoms with Crippen LogP contribution in [0.1, 0.15) is 48.2 Å². The fourth-order valence-electron chi connectivity index (χ4n) is 3.10. The van der Waals surface area contributed by atoms with Gasteiger partial charge in [0.25, 0.3) is 10.0 Å². The molecular weight excluding hydrogens is 420 g/mol. The fourth-order valence-corrected chi connectivity index (χ4v) is 4.35. The Labute approximate surface area is 181 Å². The van der Waals surface area contributed by atoms with Crippen molar-refractivity contribution < 1.29 is 27.5 Å². The van der Waals surface area contributed by atoms with Gasteiger partial charge in [0.05, 0.1) is 11.5 Å². The smallest absolute Gasteiger partial charge is 0.306 e. The van der Waals surface area contributed by atoms with Crippen LogP contribution >= 0.6 is 0 Å². The number of nitrogens with one attached hydrogen (secondary N) is 1. The number of Topliss-reactive ketones (excluding diaryl/α,β-unsaturated/α-hetero) is 1. The second-order valence-electron chi connectivity index (χ2n) is 6.91. The molecule has 0 bridgehead atoms. The zero-order valence-electron chi connectivity index (χ0n) is 17.4. The number of rotatable bonds is 9. The Hall–Kier alpha value is -3.20. The Balaban J connectivity index is 1.53. The van der Waals surface area contributed by atoms with Crippen molar-refractivity contribution in [1.29, 1.82) is 0 Å². The van der Waals surface area contributed by atoms with Crippen molar-refractivity contribution in [3.05, 3.63) is 59.2 Å². The van der Waals surface area contributed by atoms with Gasteiger partial charge in [-0.1, -0.05) is 12.1 Å². The summed E-state index contributed by atoms with van der Waals surface area (Å²) >= 11 is 0. The maximum Gasteiger partial charge on any atom is 0.306 e. The van der Waals surface area contributed by atoms with Crippen LogP contribution in [0.25, 0.3) is 0 Å². The van der Waals surface area contributed by atoms with Crippen LogP contribution in [0.4, 0.5) is 0 Å². The maximum absolute atomic E-state index is 12.1. The summed E-state index contributed by atoms with van der Waals surface area (Å²) in [4.78, 5) is 28.2. The van der Waals surface area contributed by atoms with E-state index in [2.05, 4.69) is 9.71 Å². The Morgan fingerprint density at radius 1 is 1.13 bits per heavy atom. The number of ketones is 1. The first kappa shape index (κ1) is 22.5. The lowest BCUT2D eigenvalue weighted by atomic mass is 10.1. The zero-order chi connectivity index (χ0) is 22.4. The molecule has 1 heterocycles. The average molecular weight is 445 g/mol. The molecule has 0 spiro atoms. The van der Waals surface area contributed by atoms with E-state index in [0.29, 0.717) is 35.5 Å². The molecule has 2 aromatic carbocycles. The monoisotopic (exact) mass is 444 g/mol. The van der Waals surface area contributed by atoms with Crippen LogP contribution in [0.3, 0.4) is 0 Å². The third kappa shape index (κ3) is 5.49. The summed E-state index contributed by atoms with van der Waals surface area (Å²) in [7, 11) is -3.57. The van der Waals surface area contributed by atoms with Crippen LogP contribution in [-0.4, -0.2) is 39.2 Å². The molecule has 31 heavy (non-hydrogen) atoms. The minimum absolute atomic E-state index is 0.00300. The molecule has 0 radical (unpaired) electrons. The molecular formula is C22H24N2O6S. The Morgan fingerprint density at radius 2 is 1.90 bits per heavy atom. The van der Waals surface area contributed by atoms with Gasteiger partial charge in [-0.25, -0.2) is 8.42 Å². The predicted molar refractivity (Wildman–Crippen MR) is 115 cm³/mol. The van der Waals surface area contributed by atoms with Crippen molar-refractivity contribution >= 4 is 27.6 Å². The standard InChI is InChI=1S/C22H24N2O6S/c1-3-29-19-11-10-16(15(2)25)13-17(19)14-30-21(26)9-6-12-23-22-18-7-4-5-8-20(18)31(27,28)24-22/h4-5,7-8,10-11,13H,3,6,9,12,14H2,1-2H3,(H,23,24). The number of carbonyl (C=O) groups is 2. The van der Waals surface area contributed by atoms with Crippen LogP contribution in [0.5, 0.6) is 5.75 Å². The largest absolute Gasteiger partial charge is 0.493 e. The molecule has 9 heteroatoms. The Morgan fingerprint density at radius 3 is 2.65 bits per heavy atom. The van der Waals surface area contributed by atoms with E-state index in [9.17, 15) is 18.0 Å². The predicted octanol–water partition coefficient (Wildman–Crippen LogP) is 2.85. The molecule has 0 aromatic heterocycles. The van der Waals surface area contributed by atoms with Crippen LogP contribution in [0.2, 0.25) is 0 Å². The number of aliphatic imine (C=N–C) groups is 1. The molecule has 8 nitrogen and oxygen atoms in total. The number of nitrogens with zero attached hydrogens (tertiary/aromatic N) is 1. The number of esters is 1. The summed E-state index contributed by atoms with van der Waals surface area (Å²) in [5.41, 5.74) is 1.67. The molecule has 164 valence electrons. The maximum atomic E-state index is 12.1. The van der Waals surface area contributed by atoms with Crippen molar-refractivity contribution in [2.75, 3.05) is 13.2 Å². The average Bonchev–Trinajstić information content (AvgIpc) is 3.01. The Bertz CT molecular complexity index is 1120. The highest BCUT2D eigenvalue weighted by Crippen LogP contribution is 2.23. The molecule has 0 saturated heterocycles. The fraction of sp³-hybridized carbons (Fsp3) is 0.318. The van der Waals surface area contributed by atoms with E-state index in [1.165, 1.54) is 13.0 Å². The molecule has 0 amide bonds. The lowest BCUT2D eigenvalue weighted by molar-refractivity contribution is -0.145. The van der Waals surface area contributed by atoms with Gasteiger partial charge in [0.1, 0.15) is 18.2 Å². The van der Waals surface area contributed by atoms with Gasteiger partial charge >= 0.3 is 5.97 Å². The normalized spacial score (nSPS) is 15.2. The van der Waals surface area contributed by atoms with E-state index in [-0.39, 0.29) is 36.1 Å². The van der Waals surface area contributed by atoms with Gasteiger partial charge in [0.15, 0.2) is 5.78 Å². The van der Waals surface area contributed by atoms with Gasteiger partial charge in [0.2, 0.25) is 0 Å². The second-order valence-corrected chi connectivity index (χ2v) is 8.56. The number of ether oxygens (including phenoxy) is 2. The van der Waals surface area contributed by atoms with Gasteiger partial charge in [-0.05, 0) is 50.6 Å².